The predicted octanol–water partition coefficient (Wildman–Crippen LogP) is 2.62. The average molecular weight is 313 g/mol. The number of rotatable bonds is 3. The smallest absolute Gasteiger partial charge is 0.226 e. The van der Waals surface area contributed by atoms with E-state index in [1.165, 1.54) is 11.1 Å². The number of carbonyl (C=O) groups is 1. The monoisotopic (exact) mass is 313 g/mol. The highest BCUT2D eigenvalue weighted by molar-refractivity contribution is 5.73. The summed E-state index contributed by atoms with van der Waals surface area (Å²) in [5.74, 6) is 0.836. The van der Waals surface area contributed by atoms with E-state index in [1.54, 1.807) is 13.2 Å². The molecule has 0 N–H and O–H groups in total. The van der Waals surface area contributed by atoms with E-state index in [4.69, 9.17) is 4.42 Å². The molecule has 0 radical (unpaired) electrons. The number of hydrogen-bond donors (Lipinski definition) is 0. The summed E-state index contributed by atoms with van der Waals surface area (Å²) in [6, 6.07) is 6.28. The van der Waals surface area contributed by atoms with Crippen molar-refractivity contribution in [3.63, 3.8) is 0 Å². The molecule has 1 aromatic heterocycles. The number of carbonyl (C=O) groups excluding carboxylic acids is 1. The van der Waals surface area contributed by atoms with Crippen LogP contribution in [0.2, 0.25) is 0 Å². The lowest BCUT2D eigenvalue weighted by Crippen LogP contribution is -2.47. The second kappa shape index (κ2) is 6.54. The molecule has 1 fully saturated rings. The molecule has 3 rings (SSSR count). The minimum absolute atomic E-state index is 0.156. The lowest BCUT2D eigenvalue weighted by atomic mass is 10.1. The Labute approximate surface area is 136 Å². The van der Waals surface area contributed by atoms with Gasteiger partial charge in [-0.25, -0.2) is 4.98 Å². The lowest BCUT2D eigenvalue weighted by molar-refractivity contribution is -0.130. The summed E-state index contributed by atoms with van der Waals surface area (Å²) in [6.07, 6.45) is 1.74. The van der Waals surface area contributed by atoms with Gasteiger partial charge in [0.1, 0.15) is 6.26 Å². The SMILES string of the molecule is CC(=O)N1CCN(Cc2coc(-c3ccc(C)cc3C)n2)CC1. The van der Waals surface area contributed by atoms with Gasteiger partial charge in [-0.3, -0.25) is 9.69 Å². The predicted molar refractivity (Wildman–Crippen MR) is 88.9 cm³/mol. The van der Waals surface area contributed by atoms with Crippen LogP contribution in [-0.4, -0.2) is 46.9 Å². The standard InChI is InChI=1S/C18H23N3O2/c1-13-4-5-17(14(2)10-13)18-19-16(12-23-18)11-20-6-8-21(9-7-20)15(3)22/h4-5,10,12H,6-9,11H2,1-3H3. The van der Waals surface area contributed by atoms with Gasteiger partial charge in [0.15, 0.2) is 0 Å². The van der Waals surface area contributed by atoms with Crippen LogP contribution in [0, 0.1) is 13.8 Å². The van der Waals surface area contributed by atoms with Gasteiger partial charge in [-0.05, 0) is 25.5 Å². The summed E-state index contributed by atoms with van der Waals surface area (Å²) in [7, 11) is 0. The fraction of sp³-hybridized carbons (Fsp3) is 0.444. The maximum atomic E-state index is 11.4. The van der Waals surface area contributed by atoms with Crippen LogP contribution in [0.4, 0.5) is 0 Å². The number of nitrogens with zero attached hydrogens (tertiary/aromatic N) is 3. The van der Waals surface area contributed by atoms with Crippen molar-refractivity contribution in [2.24, 2.45) is 0 Å². The molecule has 0 spiro atoms. The van der Waals surface area contributed by atoms with Gasteiger partial charge >= 0.3 is 0 Å². The Hall–Kier alpha value is -2.14. The van der Waals surface area contributed by atoms with Gasteiger partial charge in [0.2, 0.25) is 11.8 Å². The molecule has 1 aromatic carbocycles. The van der Waals surface area contributed by atoms with Crippen LogP contribution in [0.1, 0.15) is 23.7 Å². The van der Waals surface area contributed by atoms with E-state index >= 15 is 0 Å². The normalized spacial score (nSPS) is 15.9. The van der Waals surface area contributed by atoms with Crippen LogP contribution >= 0.6 is 0 Å². The van der Waals surface area contributed by atoms with Crippen molar-refractivity contribution >= 4 is 5.91 Å². The van der Waals surface area contributed by atoms with Gasteiger partial charge in [-0.1, -0.05) is 17.7 Å². The number of hydrogen-bond acceptors (Lipinski definition) is 4. The summed E-state index contributed by atoms with van der Waals surface area (Å²) in [5, 5.41) is 0. The number of benzene rings is 1. The zero-order chi connectivity index (χ0) is 16.4. The molecule has 2 aromatic rings. The zero-order valence-electron chi connectivity index (χ0n) is 14.0. The molecule has 5 heteroatoms. The Balaban J connectivity index is 1.65. The minimum atomic E-state index is 0.156. The van der Waals surface area contributed by atoms with Gasteiger partial charge in [-0.15, -0.1) is 0 Å². The van der Waals surface area contributed by atoms with Crippen LogP contribution in [0.15, 0.2) is 28.9 Å². The lowest BCUT2D eigenvalue weighted by Gasteiger charge is -2.33. The Kier molecular flexibility index (Phi) is 4.48. The molecule has 1 aliphatic heterocycles. The van der Waals surface area contributed by atoms with Crippen molar-refractivity contribution in [2.45, 2.75) is 27.3 Å². The van der Waals surface area contributed by atoms with E-state index in [0.717, 1.165) is 44.0 Å². The first-order valence-electron chi connectivity index (χ1n) is 8.03. The molecular formula is C18H23N3O2. The topological polar surface area (TPSA) is 49.6 Å². The Morgan fingerprint density at radius 2 is 1.96 bits per heavy atom. The van der Waals surface area contributed by atoms with Crippen molar-refractivity contribution < 1.29 is 9.21 Å². The molecule has 0 bridgehead atoms. The highest BCUT2D eigenvalue weighted by Gasteiger charge is 2.19. The fourth-order valence-electron chi connectivity index (χ4n) is 3.01. The Morgan fingerprint density at radius 3 is 2.61 bits per heavy atom. The quantitative estimate of drug-likeness (QED) is 0.874. The molecular weight excluding hydrogens is 290 g/mol. The molecule has 23 heavy (non-hydrogen) atoms. The molecule has 122 valence electrons. The highest BCUT2D eigenvalue weighted by atomic mass is 16.3. The third-order valence-corrected chi connectivity index (χ3v) is 4.37. The van der Waals surface area contributed by atoms with Gasteiger partial charge in [0.25, 0.3) is 0 Å². The summed E-state index contributed by atoms with van der Waals surface area (Å²) in [6.45, 7) is 9.89. The minimum Gasteiger partial charge on any atom is -0.444 e. The molecule has 5 nitrogen and oxygen atoms in total. The summed E-state index contributed by atoms with van der Waals surface area (Å²) in [4.78, 5) is 20.2. The van der Waals surface area contributed by atoms with E-state index in [1.807, 2.05) is 4.90 Å². The number of amides is 1. The second-order valence-electron chi connectivity index (χ2n) is 6.24. The molecule has 1 aliphatic rings. The van der Waals surface area contributed by atoms with Crippen molar-refractivity contribution in [1.29, 1.82) is 0 Å². The van der Waals surface area contributed by atoms with Gasteiger partial charge in [0.05, 0.1) is 5.69 Å². The van der Waals surface area contributed by atoms with E-state index < -0.39 is 0 Å². The van der Waals surface area contributed by atoms with Crippen molar-refractivity contribution in [3.05, 3.63) is 41.3 Å². The van der Waals surface area contributed by atoms with Crippen molar-refractivity contribution in [3.8, 4) is 11.5 Å². The third kappa shape index (κ3) is 3.62. The average Bonchev–Trinajstić information content (AvgIpc) is 2.96. The molecule has 0 atom stereocenters. The van der Waals surface area contributed by atoms with E-state index in [-0.39, 0.29) is 5.91 Å². The third-order valence-electron chi connectivity index (χ3n) is 4.37. The molecule has 1 amide bonds. The van der Waals surface area contributed by atoms with Gasteiger partial charge < -0.3 is 9.32 Å². The highest BCUT2D eigenvalue weighted by Crippen LogP contribution is 2.24. The van der Waals surface area contributed by atoms with Gasteiger partial charge in [0, 0.05) is 45.2 Å². The van der Waals surface area contributed by atoms with Crippen LogP contribution in [0.25, 0.3) is 11.5 Å². The van der Waals surface area contributed by atoms with Crippen LogP contribution in [-0.2, 0) is 11.3 Å². The van der Waals surface area contributed by atoms with E-state index in [2.05, 4.69) is 41.9 Å². The van der Waals surface area contributed by atoms with Crippen LogP contribution < -0.4 is 0 Å². The maximum Gasteiger partial charge on any atom is 0.226 e. The number of aromatic nitrogens is 1. The fourth-order valence-corrected chi connectivity index (χ4v) is 3.01. The van der Waals surface area contributed by atoms with Crippen molar-refractivity contribution in [1.82, 2.24) is 14.8 Å². The molecule has 0 saturated carbocycles. The summed E-state index contributed by atoms with van der Waals surface area (Å²) >= 11 is 0. The largest absolute Gasteiger partial charge is 0.444 e. The molecule has 1 saturated heterocycles. The first-order valence-corrected chi connectivity index (χ1v) is 8.03. The first-order chi connectivity index (χ1) is 11.0. The summed E-state index contributed by atoms with van der Waals surface area (Å²) in [5.41, 5.74) is 4.40. The second-order valence-corrected chi connectivity index (χ2v) is 6.24. The number of piperazine rings is 1. The molecule has 0 unspecified atom stereocenters. The molecule has 2 heterocycles. The van der Waals surface area contributed by atoms with Crippen molar-refractivity contribution in [2.75, 3.05) is 26.2 Å². The van der Waals surface area contributed by atoms with Gasteiger partial charge in [-0.2, -0.15) is 0 Å². The first kappa shape index (κ1) is 15.7. The van der Waals surface area contributed by atoms with E-state index in [9.17, 15) is 4.79 Å². The Morgan fingerprint density at radius 1 is 1.22 bits per heavy atom. The zero-order valence-corrected chi connectivity index (χ0v) is 14.0. The van der Waals surface area contributed by atoms with E-state index in [0.29, 0.717) is 5.89 Å². The molecule has 0 aliphatic carbocycles. The van der Waals surface area contributed by atoms with Crippen LogP contribution in [0.3, 0.4) is 0 Å². The number of aryl methyl sites for hydroxylation is 2. The van der Waals surface area contributed by atoms with Crippen LogP contribution in [0.5, 0.6) is 0 Å². The maximum absolute atomic E-state index is 11.4. The summed E-state index contributed by atoms with van der Waals surface area (Å²) < 4.78 is 5.67. The Bertz CT molecular complexity index is 700. The number of oxazole rings is 1.